The Morgan fingerprint density at radius 1 is 1.25 bits per heavy atom. The van der Waals surface area contributed by atoms with Gasteiger partial charge in [-0.1, -0.05) is 18.2 Å². The normalized spacial score (nSPS) is 10.6. The summed E-state index contributed by atoms with van der Waals surface area (Å²) in [6, 6.07) is 6.58. The van der Waals surface area contributed by atoms with E-state index in [0.717, 1.165) is 5.56 Å². The fraction of sp³-hybridized carbons (Fsp3) is 0.0833. The first kappa shape index (κ1) is 10.3. The quantitative estimate of drug-likeness (QED) is 0.686. The van der Waals surface area contributed by atoms with E-state index in [1.54, 1.807) is 25.1 Å². The topological polar surface area (TPSA) is 77.8 Å². The standard InChI is InChI=1S/C12H10O4/c1-6-3-2-4-7-5-8(13)10(12(15)16)11(14)9(6)7/h2-5,13-14H,1H3,(H,15,16). The number of benzene rings is 2. The van der Waals surface area contributed by atoms with Gasteiger partial charge in [0.2, 0.25) is 0 Å². The van der Waals surface area contributed by atoms with E-state index >= 15 is 0 Å². The van der Waals surface area contributed by atoms with Crippen molar-refractivity contribution in [3.05, 3.63) is 35.4 Å². The van der Waals surface area contributed by atoms with Crippen molar-refractivity contribution in [2.45, 2.75) is 6.92 Å². The molecule has 0 saturated carbocycles. The SMILES string of the molecule is Cc1cccc2cc(O)c(C(=O)O)c(O)c12. The van der Waals surface area contributed by atoms with Crippen molar-refractivity contribution < 1.29 is 20.1 Å². The molecule has 82 valence electrons. The third kappa shape index (κ3) is 1.35. The molecule has 0 atom stereocenters. The van der Waals surface area contributed by atoms with Crippen LogP contribution in [-0.4, -0.2) is 21.3 Å². The predicted molar refractivity (Wildman–Crippen MR) is 59.0 cm³/mol. The van der Waals surface area contributed by atoms with Crippen molar-refractivity contribution in [2.24, 2.45) is 0 Å². The smallest absolute Gasteiger partial charge is 0.343 e. The molecule has 0 aliphatic rings. The van der Waals surface area contributed by atoms with Gasteiger partial charge in [0, 0.05) is 5.39 Å². The van der Waals surface area contributed by atoms with E-state index in [2.05, 4.69) is 0 Å². The highest BCUT2D eigenvalue weighted by molar-refractivity contribution is 6.04. The highest BCUT2D eigenvalue weighted by atomic mass is 16.4. The molecule has 0 radical (unpaired) electrons. The van der Waals surface area contributed by atoms with Crippen molar-refractivity contribution in [2.75, 3.05) is 0 Å². The van der Waals surface area contributed by atoms with Crippen LogP contribution in [-0.2, 0) is 0 Å². The Morgan fingerprint density at radius 2 is 1.94 bits per heavy atom. The molecular formula is C12H10O4. The number of carbonyl (C=O) groups is 1. The number of aryl methyl sites for hydroxylation is 1. The largest absolute Gasteiger partial charge is 0.507 e. The molecule has 0 bridgehead atoms. The van der Waals surface area contributed by atoms with Crippen LogP contribution in [0.4, 0.5) is 0 Å². The first-order valence-corrected chi connectivity index (χ1v) is 4.70. The Bertz CT molecular complexity index is 587. The molecule has 16 heavy (non-hydrogen) atoms. The van der Waals surface area contributed by atoms with Gasteiger partial charge in [0.15, 0.2) is 0 Å². The van der Waals surface area contributed by atoms with Crippen LogP contribution in [0, 0.1) is 6.92 Å². The first-order valence-electron chi connectivity index (χ1n) is 4.70. The Kier molecular flexibility index (Phi) is 2.20. The number of carboxylic acids is 1. The number of aromatic hydroxyl groups is 2. The maximum atomic E-state index is 10.9. The summed E-state index contributed by atoms with van der Waals surface area (Å²) < 4.78 is 0. The lowest BCUT2D eigenvalue weighted by atomic mass is 10.0. The van der Waals surface area contributed by atoms with Crippen LogP contribution in [0.15, 0.2) is 24.3 Å². The molecule has 2 rings (SSSR count). The minimum Gasteiger partial charge on any atom is -0.507 e. The van der Waals surface area contributed by atoms with Gasteiger partial charge in [-0.2, -0.15) is 0 Å². The number of aromatic carboxylic acids is 1. The van der Waals surface area contributed by atoms with Crippen LogP contribution in [0.3, 0.4) is 0 Å². The van der Waals surface area contributed by atoms with Gasteiger partial charge in [-0.15, -0.1) is 0 Å². The maximum Gasteiger partial charge on any atom is 0.343 e. The van der Waals surface area contributed by atoms with E-state index in [1.165, 1.54) is 6.07 Å². The fourth-order valence-electron chi connectivity index (χ4n) is 1.81. The van der Waals surface area contributed by atoms with Gasteiger partial charge in [0.05, 0.1) is 0 Å². The molecule has 0 spiro atoms. The van der Waals surface area contributed by atoms with E-state index in [-0.39, 0.29) is 5.75 Å². The van der Waals surface area contributed by atoms with Gasteiger partial charge < -0.3 is 15.3 Å². The molecule has 2 aromatic carbocycles. The summed E-state index contributed by atoms with van der Waals surface area (Å²) in [4.78, 5) is 10.9. The van der Waals surface area contributed by atoms with Crippen LogP contribution >= 0.6 is 0 Å². The average Bonchev–Trinajstić information content (AvgIpc) is 2.15. The monoisotopic (exact) mass is 218 g/mol. The van der Waals surface area contributed by atoms with E-state index in [1.807, 2.05) is 0 Å². The lowest BCUT2D eigenvalue weighted by Gasteiger charge is -2.09. The van der Waals surface area contributed by atoms with Crippen LogP contribution in [0.1, 0.15) is 15.9 Å². The van der Waals surface area contributed by atoms with Gasteiger partial charge in [0.25, 0.3) is 0 Å². The Labute approximate surface area is 91.4 Å². The summed E-state index contributed by atoms with van der Waals surface area (Å²) in [7, 11) is 0. The molecule has 0 saturated heterocycles. The number of fused-ring (bicyclic) bond motifs is 1. The minimum absolute atomic E-state index is 0.388. The van der Waals surface area contributed by atoms with Crippen molar-refractivity contribution in [1.82, 2.24) is 0 Å². The van der Waals surface area contributed by atoms with Crippen molar-refractivity contribution in [3.8, 4) is 11.5 Å². The van der Waals surface area contributed by atoms with E-state index in [4.69, 9.17) is 5.11 Å². The Hall–Kier alpha value is -2.23. The summed E-state index contributed by atoms with van der Waals surface area (Å²) >= 11 is 0. The molecule has 2 aromatic rings. The van der Waals surface area contributed by atoms with Crippen molar-refractivity contribution in [3.63, 3.8) is 0 Å². The summed E-state index contributed by atoms with van der Waals surface area (Å²) in [5, 5.41) is 29.3. The Morgan fingerprint density at radius 3 is 2.56 bits per heavy atom. The third-order valence-electron chi connectivity index (χ3n) is 2.54. The number of hydrogen-bond donors (Lipinski definition) is 3. The second-order valence-corrected chi connectivity index (χ2v) is 3.60. The molecule has 4 heteroatoms. The summed E-state index contributed by atoms with van der Waals surface area (Å²) in [6.45, 7) is 1.77. The molecule has 0 aromatic heterocycles. The van der Waals surface area contributed by atoms with E-state index in [9.17, 15) is 15.0 Å². The number of phenols is 2. The van der Waals surface area contributed by atoms with Crippen LogP contribution in [0.5, 0.6) is 11.5 Å². The molecule has 0 amide bonds. The zero-order chi connectivity index (χ0) is 11.9. The average molecular weight is 218 g/mol. The zero-order valence-electron chi connectivity index (χ0n) is 8.56. The van der Waals surface area contributed by atoms with Crippen LogP contribution in [0.2, 0.25) is 0 Å². The van der Waals surface area contributed by atoms with Crippen molar-refractivity contribution >= 4 is 16.7 Å². The number of carboxylic acid groups (broad SMARTS) is 1. The molecule has 0 aliphatic heterocycles. The molecule has 3 N–H and O–H groups in total. The molecular weight excluding hydrogens is 208 g/mol. The fourth-order valence-corrected chi connectivity index (χ4v) is 1.81. The highest BCUT2D eigenvalue weighted by Gasteiger charge is 2.19. The minimum atomic E-state index is -1.35. The Balaban J connectivity index is 2.96. The van der Waals surface area contributed by atoms with Gasteiger partial charge in [0.1, 0.15) is 17.1 Å². The van der Waals surface area contributed by atoms with Gasteiger partial charge in [-0.3, -0.25) is 0 Å². The third-order valence-corrected chi connectivity index (χ3v) is 2.54. The van der Waals surface area contributed by atoms with Crippen LogP contribution < -0.4 is 0 Å². The van der Waals surface area contributed by atoms with Gasteiger partial charge >= 0.3 is 5.97 Å². The molecule has 0 fully saturated rings. The zero-order valence-corrected chi connectivity index (χ0v) is 8.56. The van der Waals surface area contributed by atoms with Crippen LogP contribution in [0.25, 0.3) is 10.8 Å². The molecule has 0 heterocycles. The van der Waals surface area contributed by atoms with Gasteiger partial charge in [-0.25, -0.2) is 4.79 Å². The summed E-state index contributed by atoms with van der Waals surface area (Å²) in [5.41, 5.74) is 0.305. The van der Waals surface area contributed by atoms with Gasteiger partial charge in [-0.05, 0) is 23.9 Å². The molecule has 4 nitrogen and oxygen atoms in total. The lowest BCUT2D eigenvalue weighted by molar-refractivity contribution is 0.0691. The second kappa shape index (κ2) is 3.41. The van der Waals surface area contributed by atoms with E-state index in [0.29, 0.717) is 10.8 Å². The summed E-state index contributed by atoms with van der Waals surface area (Å²) in [6.07, 6.45) is 0. The first-order chi connectivity index (χ1) is 7.52. The maximum absolute atomic E-state index is 10.9. The lowest BCUT2D eigenvalue weighted by Crippen LogP contribution is -1.98. The molecule has 0 aliphatic carbocycles. The summed E-state index contributed by atoms with van der Waals surface area (Å²) in [5.74, 6) is -2.16. The number of hydrogen-bond acceptors (Lipinski definition) is 3. The van der Waals surface area contributed by atoms with Crippen molar-refractivity contribution in [1.29, 1.82) is 0 Å². The second-order valence-electron chi connectivity index (χ2n) is 3.60. The number of rotatable bonds is 1. The van der Waals surface area contributed by atoms with E-state index < -0.39 is 17.3 Å². The predicted octanol–water partition coefficient (Wildman–Crippen LogP) is 2.26. The molecule has 0 unspecified atom stereocenters. The highest BCUT2D eigenvalue weighted by Crippen LogP contribution is 2.37.